The molecular formula is C14H28N2S. The summed E-state index contributed by atoms with van der Waals surface area (Å²) in [5.74, 6) is 3.09. The molecule has 3 heteroatoms. The van der Waals surface area contributed by atoms with Crippen molar-refractivity contribution in [2.24, 2.45) is 5.92 Å². The molecule has 0 aliphatic carbocycles. The SMILES string of the molecule is C=CCSCCNC1CCN(CC(C)C)CC1. The highest BCUT2D eigenvalue weighted by Crippen LogP contribution is 2.12. The fourth-order valence-electron chi connectivity index (χ4n) is 2.34. The molecule has 1 saturated heterocycles. The number of hydrogen-bond acceptors (Lipinski definition) is 3. The van der Waals surface area contributed by atoms with E-state index in [1.165, 1.54) is 38.2 Å². The summed E-state index contributed by atoms with van der Waals surface area (Å²) in [5, 5.41) is 3.67. The Hall–Kier alpha value is 0.01000. The molecule has 0 aromatic carbocycles. The quantitative estimate of drug-likeness (QED) is 0.531. The second-order valence-corrected chi connectivity index (χ2v) is 6.44. The monoisotopic (exact) mass is 256 g/mol. The Morgan fingerprint density at radius 3 is 2.71 bits per heavy atom. The summed E-state index contributed by atoms with van der Waals surface area (Å²) < 4.78 is 0. The first kappa shape index (κ1) is 15.1. The molecule has 2 nitrogen and oxygen atoms in total. The van der Waals surface area contributed by atoms with Crippen molar-refractivity contribution in [3.8, 4) is 0 Å². The van der Waals surface area contributed by atoms with Gasteiger partial charge in [-0.25, -0.2) is 0 Å². The third kappa shape index (κ3) is 7.12. The molecule has 0 amide bonds. The van der Waals surface area contributed by atoms with E-state index in [9.17, 15) is 0 Å². The summed E-state index contributed by atoms with van der Waals surface area (Å²) in [5.41, 5.74) is 0. The smallest absolute Gasteiger partial charge is 0.0111 e. The first-order valence-corrected chi connectivity index (χ1v) is 8.02. The van der Waals surface area contributed by atoms with Crippen LogP contribution in [0, 0.1) is 5.92 Å². The molecule has 0 aromatic rings. The maximum Gasteiger partial charge on any atom is 0.0111 e. The van der Waals surface area contributed by atoms with Crippen LogP contribution in [-0.4, -0.2) is 48.6 Å². The van der Waals surface area contributed by atoms with Gasteiger partial charge in [-0.3, -0.25) is 0 Å². The second kappa shape index (κ2) is 9.01. The summed E-state index contributed by atoms with van der Waals surface area (Å²) in [7, 11) is 0. The fraction of sp³-hybridized carbons (Fsp3) is 0.857. The molecule has 0 aromatic heterocycles. The van der Waals surface area contributed by atoms with Gasteiger partial charge in [0.1, 0.15) is 0 Å². The van der Waals surface area contributed by atoms with Gasteiger partial charge < -0.3 is 10.2 Å². The normalized spacial score (nSPS) is 18.8. The number of piperidine rings is 1. The van der Waals surface area contributed by atoms with Gasteiger partial charge in [-0.1, -0.05) is 19.9 Å². The number of likely N-dealkylation sites (tertiary alicyclic amines) is 1. The van der Waals surface area contributed by atoms with Crippen molar-refractivity contribution in [2.45, 2.75) is 32.7 Å². The van der Waals surface area contributed by atoms with Gasteiger partial charge in [0.05, 0.1) is 0 Å². The first-order chi connectivity index (χ1) is 8.22. The van der Waals surface area contributed by atoms with Crippen molar-refractivity contribution in [2.75, 3.05) is 37.7 Å². The molecule has 0 bridgehead atoms. The van der Waals surface area contributed by atoms with E-state index < -0.39 is 0 Å². The summed E-state index contributed by atoms with van der Waals surface area (Å²) >= 11 is 1.96. The van der Waals surface area contributed by atoms with Crippen LogP contribution in [0.4, 0.5) is 0 Å². The van der Waals surface area contributed by atoms with Gasteiger partial charge in [0.2, 0.25) is 0 Å². The molecular weight excluding hydrogens is 228 g/mol. The average Bonchev–Trinajstić information content (AvgIpc) is 2.30. The van der Waals surface area contributed by atoms with Crippen LogP contribution in [0.1, 0.15) is 26.7 Å². The first-order valence-electron chi connectivity index (χ1n) is 6.86. The lowest BCUT2D eigenvalue weighted by Gasteiger charge is -2.33. The van der Waals surface area contributed by atoms with E-state index in [4.69, 9.17) is 0 Å². The maximum absolute atomic E-state index is 3.73. The van der Waals surface area contributed by atoms with Crippen LogP contribution in [0.25, 0.3) is 0 Å². The summed E-state index contributed by atoms with van der Waals surface area (Å²) in [6, 6.07) is 0.753. The molecule has 1 aliphatic heterocycles. The minimum absolute atomic E-state index is 0.753. The lowest BCUT2D eigenvalue weighted by molar-refractivity contribution is 0.181. The van der Waals surface area contributed by atoms with Gasteiger partial charge in [-0.05, 0) is 31.8 Å². The number of nitrogens with zero attached hydrogens (tertiary/aromatic N) is 1. The summed E-state index contributed by atoms with van der Waals surface area (Å²) in [4.78, 5) is 2.61. The number of thioether (sulfide) groups is 1. The van der Waals surface area contributed by atoms with Crippen molar-refractivity contribution in [1.82, 2.24) is 10.2 Å². The van der Waals surface area contributed by atoms with E-state index in [1.807, 2.05) is 17.8 Å². The van der Waals surface area contributed by atoms with Crippen molar-refractivity contribution < 1.29 is 0 Å². The highest BCUT2D eigenvalue weighted by atomic mass is 32.2. The lowest BCUT2D eigenvalue weighted by atomic mass is 10.0. The molecule has 1 heterocycles. The maximum atomic E-state index is 3.73. The van der Waals surface area contributed by atoms with Crippen molar-refractivity contribution in [1.29, 1.82) is 0 Å². The third-order valence-electron chi connectivity index (χ3n) is 3.13. The Morgan fingerprint density at radius 1 is 1.41 bits per heavy atom. The molecule has 1 N–H and O–H groups in total. The van der Waals surface area contributed by atoms with Crippen molar-refractivity contribution >= 4 is 11.8 Å². The predicted octanol–water partition coefficient (Wildman–Crippen LogP) is 2.62. The van der Waals surface area contributed by atoms with Crippen LogP contribution in [0.2, 0.25) is 0 Å². The van der Waals surface area contributed by atoms with Gasteiger partial charge in [-0.15, -0.1) is 6.58 Å². The average molecular weight is 256 g/mol. The number of rotatable bonds is 8. The van der Waals surface area contributed by atoms with Crippen LogP contribution in [-0.2, 0) is 0 Å². The molecule has 100 valence electrons. The van der Waals surface area contributed by atoms with Crippen LogP contribution >= 0.6 is 11.8 Å². The van der Waals surface area contributed by atoms with Crippen molar-refractivity contribution in [3.63, 3.8) is 0 Å². The summed E-state index contributed by atoms with van der Waals surface area (Å²) in [6.07, 6.45) is 4.62. The molecule has 0 saturated carbocycles. The van der Waals surface area contributed by atoms with Crippen molar-refractivity contribution in [3.05, 3.63) is 12.7 Å². The zero-order valence-electron chi connectivity index (χ0n) is 11.5. The third-order valence-corrected chi connectivity index (χ3v) is 4.09. The molecule has 1 rings (SSSR count). The van der Waals surface area contributed by atoms with Gasteiger partial charge in [0.15, 0.2) is 0 Å². The van der Waals surface area contributed by atoms with Crippen LogP contribution in [0.3, 0.4) is 0 Å². The van der Waals surface area contributed by atoms with Crippen LogP contribution in [0.15, 0.2) is 12.7 Å². The molecule has 0 atom stereocenters. The van der Waals surface area contributed by atoms with E-state index in [2.05, 4.69) is 30.6 Å². The minimum Gasteiger partial charge on any atom is -0.313 e. The Morgan fingerprint density at radius 2 is 2.12 bits per heavy atom. The Bertz CT molecular complexity index is 198. The lowest BCUT2D eigenvalue weighted by Crippen LogP contribution is -2.44. The van der Waals surface area contributed by atoms with Gasteiger partial charge in [0, 0.05) is 30.6 Å². The Labute approximate surface area is 111 Å². The standard InChI is InChI=1S/C14H28N2S/c1-4-10-17-11-7-15-14-5-8-16(9-6-14)12-13(2)3/h4,13-15H,1,5-12H2,2-3H3. The van der Waals surface area contributed by atoms with E-state index >= 15 is 0 Å². The van der Waals surface area contributed by atoms with E-state index in [-0.39, 0.29) is 0 Å². The topological polar surface area (TPSA) is 15.3 Å². The predicted molar refractivity (Wildman–Crippen MR) is 79.8 cm³/mol. The van der Waals surface area contributed by atoms with E-state index in [0.717, 1.165) is 24.3 Å². The zero-order valence-corrected chi connectivity index (χ0v) is 12.3. The number of hydrogen-bond donors (Lipinski definition) is 1. The Kier molecular flexibility index (Phi) is 7.99. The molecule has 0 unspecified atom stereocenters. The van der Waals surface area contributed by atoms with Gasteiger partial charge >= 0.3 is 0 Å². The summed E-state index contributed by atoms with van der Waals surface area (Å²) in [6.45, 7) is 13.3. The minimum atomic E-state index is 0.753. The zero-order chi connectivity index (χ0) is 12.5. The molecule has 0 radical (unpaired) electrons. The second-order valence-electron chi connectivity index (χ2n) is 5.29. The van der Waals surface area contributed by atoms with Crippen LogP contribution in [0.5, 0.6) is 0 Å². The van der Waals surface area contributed by atoms with Gasteiger partial charge in [0.25, 0.3) is 0 Å². The number of nitrogens with one attached hydrogen (secondary N) is 1. The fourth-order valence-corrected chi connectivity index (χ4v) is 2.93. The molecule has 1 fully saturated rings. The van der Waals surface area contributed by atoms with E-state index in [0.29, 0.717) is 0 Å². The molecule has 1 aliphatic rings. The Balaban J connectivity index is 2.01. The van der Waals surface area contributed by atoms with E-state index in [1.54, 1.807) is 0 Å². The highest BCUT2D eigenvalue weighted by molar-refractivity contribution is 7.99. The van der Waals surface area contributed by atoms with Crippen LogP contribution < -0.4 is 5.32 Å². The van der Waals surface area contributed by atoms with Gasteiger partial charge in [-0.2, -0.15) is 11.8 Å². The largest absolute Gasteiger partial charge is 0.313 e. The molecule has 17 heavy (non-hydrogen) atoms. The highest BCUT2D eigenvalue weighted by Gasteiger charge is 2.18. The molecule has 0 spiro atoms.